The van der Waals surface area contributed by atoms with Crippen LogP contribution in [0.4, 0.5) is 5.69 Å². The zero-order valence-electron chi connectivity index (χ0n) is 8.12. The van der Waals surface area contributed by atoms with Gasteiger partial charge in [-0.3, -0.25) is 9.79 Å². The van der Waals surface area contributed by atoms with Crippen LogP contribution in [0.25, 0.3) is 0 Å². The first-order chi connectivity index (χ1) is 6.57. The molecule has 5 heteroatoms. The summed E-state index contributed by atoms with van der Waals surface area (Å²) in [6.45, 7) is 2.53. The molecule has 0 aliphatic carbocycles. The first kappa shape index (κ1) is 11.0. The summed E-state index contributed by atoms with van der Waals surface area (Å²) in [6, 6.07) is 0. The average molecular weight is 258 g/mol. The molecule has 0 bridgehead atoms. The lowest BCUT2D eigenvalue weighted by Gasteiger charge is -2.05. The van der Waals surface area contributed by atoms with Crippen molar-refractivity contribution >= 4 is 27.8 Å². The van der Waals surface area contributed by atoms with Gasteiger partial charge in [-0.05, 0) is 22.9 Å². The van der Waals surface area contributed by atoms with Gasteiger partial charge >= 0.3 is 0 Å². The van der Waals surface area contributed by atoms with Crippen LogP contribution in [0.2, 0.25) is 0 Å². The van der Waals surface area contributed by atoms with Crippen molar-refractivity contribution < 1.29 is 0 Å². The topological polar surface area (TPSA) is 60.4 Å². The molecule has 0 aliphatic rings. The molecule has 4 nitrogen and oxygen atoms in total. The molecule has 1 rings (SSSR count). The van der Waals surface area contributed by atoms with Crippen molar-refractivity contribution in [1.82, 2.24) is 4.57 Å². The second-order valence-electron chi connectivity index (χ2n) is 2.85. The Balaban J connectivity index is 3.40. The number of rotatable bonds is 2. The van der Waals surface area contributed by atoms with E-state index in [-0.39, 0.29) is 5.56 Å². The average Bonchev–Trinajstić information content (AvgIpc) is 2.15. The van der Waals surface area contributed by atoms with Gasteiger partial charge in [-0.2, -0.15) is 0 Å². The zero-order chi connectivity index (χ0) is 10.7. The van der Waals surface area contributed by atoms with Crippen molar-refractivity contribution in [2.24, 2.45) is 12.0 Å². The van der Waals surface area contributed by atoms with Gasteiger partial charge in [0.2, 0.25) is 0 Å². The molecule has 0 amide bonds. The number of aryl methyl sites for hydroxylation is 1. The molecule has 0 fully saturated rings. The Morgan fingerprint density at radius 1 is 1.71 bits per heavy atom. The predicted molar refractivity (Wildman–Crippen MR) is 61.9 cm³/mol. The third-order valence-corrected chi connectivity index (χ3v) is 2.44. The normalized spacial score (nSPS) is 11.1. The van der Waals surface area contributed by atoms with Crippen LogP contribution in [-0.4, -0.2) is 17.3 Å². The van der Waals surface area contributed by atoms with Gasteiger partial charge in [-0.25, -0.2) is 0 Å². The molecule has 76 valence electrons. The van der Waals surface area contributed by atoms with Crippen molar-refractivity contribution in [3.05, 3.63) is 26.6 Å². The van der Waals surface area contributed by atoms with E-state index >= 15 is 0 Å². The van der Waals surface area contributed by atoms with Crippen LogP contribution in [0.5, 0.6) is 0 Å². The number of aromatic nitrogens is 1. The van der Waals surface area contributed by atoms with Crippen molar-refractivity contribution in [2.45, 2.75) is 6.92 Å². The molecule has 0 atom stereocenters. The van der Waals surface area contributed by atoms with Gasteiger partial charge in [0.1, 0.15) is 0 Å². The lowest BCUT2D eigenvalue weighted by Crippen LogP contribution is -2.22. The molecule has 1 aromatic heterocycles. The van der Waals surface area contributed by atoms with E-state index < -0.39 is 0 Å². The molecule has 1 heterocycles. The number of hydrogen-bond donors (Lipinski definition) is 1. The Morgan fingerprint density at radius 2 is 2.36 bits per heavy atom. The fourth-order valence-corrected chi connectivity index (χ4v) is 1.56. The summed E-state index contributed by atoms with van der Waals surface area (Å²) in [4.78, 5) is 15.6. The minimum Gasteiger partial charge on any atom is -0.397 e. The van der Waals surface area contributed by atoms with Gasteiger partial charge in [-0.15, -0.1) is 0 Å². The number of nitrogen functional groups attached to an aromatic ring is 1. The van der Waals surface area contributed by atoms with Gasteiger partial charge in [0.05, 0.1) is 15.7 Å². The first-order valence-corrected chi connectivity index (χ1v) is 5.01. The van der Waals surface area contributed by atoms with Crippen molar-refractivity contribution in [1.29, 1.82) is 0 Å². The first-order valence-electron chi connectivity index (χ1n) is 4.22. The highest BCUT2D eigenvalue weighted by atomic mass is 79.9. The van der Waals surface area contributed by atoms with E-state index in [1.165, 1.54) is 10.8 Å². The maximum atomic E-state index is 11.6. The van der Waals surface area contributed by atoms with Gasteiger partial charge in [0.25, 0.3) is 5.56 Å². The van der Waals surface area contributed by atoms with E-state index in [9.17, 15) is 4.79 Å². The van der Waals surface area contributed by atoms with E-state index in [1.807, 2.05) is 6.92 Å². The second-order valence-corrected chi connectivity index (χ2v) is 3.70. The summed E-state index contributed by atoms with van der Waals surface area (Å²) in [5, 5.41) is 0. The van der Waals surface area contributed by atoms with Gasteiger partial charge in [-0.1, -0.05) is 0 Å². The molecule has 0 aliphatic heterocycles. The van der Waals surface area contributed by atoms with Crippen LogP contribution >= 0.6 is 15.9 Å². The summed E-state index contributed by atoms with van der Waals surface area (Å²) < 4.78 is 2.18. The molecule has 0 unspecified atom stereocenters. The standard InChI is InChI=1S/C9H12BrN3O/c1-3-12-4-6-8(11)7(10)5-13(2)9(6)14/h4-5H,3,11H2,1-2H3. The van der Waals surface area contributed by atoms with Crippen LogP contribution in [0.15, 0.2) is 20.5 Å². The van der Waals surface area contributed by atoms with Crippen molar-refractivity contribution in [2.75, 3.05) is 12.3 Å². The van der Waals surface area contributed by atoms with E-state index in [1.54, 1.807) is 13.2 Å². The molecule has 0 saturated carbocycles. The Labute approximate surface area is 90.6 Å². The molecule has 2 N–H and O–H groups in total. The highest BCUT2D eigenvalue weighted by Crippen LogP contribution is 2.18. The predicted octanol–water partition coefficient (Wildman–Crippen LogP) is 1.17. The van der Waals surface area contributed by atoms with Crippen LogP contribution in [0.1, 0.15) is 12.5 Å². The lowest BCUT2D eigenvalue weighted by molar-refractivity contribution is 0.854. The summed E-state index contributed by atoms with van der Waals surface area (Å²) in [5.74, 6) is 0. The fourth-order valence-electron chi connectivity index (χ4n) is 1.04. The van der Waals surface area contributed by atoms with Gasteiger partial charge in [0.15, 0.2) is 0 Å². The Bertz CT molecular complexity index is 423. The zero-order valence-corrected chi connectivity index (χ0v) is 9.71. The Hall–Kier alpha value is -1.10. The molecule has 0 saturated heterocycles. The van der Waals surface area contributed by atoms with E-state index in [0.717, 1.165) is 0 Å². The highest BCUT2D eigenvalue weighted by Gasteiger charge is 2.07. The number of anilines is 1. The van der Waals surface area contributed by atoms with E-state index in [2.05, 4.69) is 20.9 Å². The van der Waals surface area contributed by atoms with Gasteiger partial charge < -0.3 is 10.3 Å². The SMILES string of the molecule is CCN=Cc1c(N)c(Br)cn(C)c1=O. The quantitative estimate of drug-likeness (QED) is 0.809. The van der Waals surface area contributed by atoms with Crippen LogP contribution in [-0.2, 0) is 7.05 Å². The number of nitrogens with zero attached hydrogens (tertiary/aromatic N) is 2. The third kappa shape index (κ3) is 2.04. The van der Waals surface area contributed by atoms with Crippen molar-refractivity contribution in [3.8, 4) is 0 Å². The molecule has 0 spiro atoms. The minimum atomic E-state index is -0.136. The molecule has 14 heavy (non-hydrogen) atoms. The lowest BCUT2D eigenvalue weighted by atomic mass is 10.2. The van der Waals surface area contributed by atoms with Crippen LogP contribution in [0.3, 0.4) is 0 Å². The largest absolute Gasteiger partial charge is 0.397 e. The fraction of sp³-hybridized carbons (Fsp3) is 0.333. The molecular formula is C9H12BrN3O. The number of pyridine rings is 1. The maximum absolute atomic E-state index is 11.6. The van der Waals surface area contributed by atoms with Crippen molar-refractivity contribution in [3.63, 3.8) is 0 Å². The monoisotopic (exact) mass is 257 g/mol. The van der Waals surface area contributed by atoms with E-state index in [0.29, 0.717) is 22.3 Å². The van der Waals surface area contributed by atoms with Gasteiger partial charge in [0, 0.05) is 26.0 Å². The second kappa shape index (κ2) is 4.41. The minimum absolute atomic E-state index is 0.136. The Morgan fingerprint density at radius 3 is 2.93 bits per heavy atom. The number of hydrogen-bond acceptors (Lipinski definition) is 3. The Kier molecular flexibility index (Phi) is 3.46. The number of nitrogens with two attached hydrogens (primary N) is 1. The van der Waals surface area contributed by atoms with Crippen LogP contribution < -0.4 is 11.3 Å². The number of aliphatic imine (C=N–C) groups is 1. The summed E-state index contributed by atoms with van der Waals surface area (Å²) in [5.41, 5.74) is 6.47. The van der Waals surface area contributed by atoms with E-state index in [4.69, 9.17) is 5.73 Å². The molecule has 1 aromatic rings. The third-order valence-electron chi connectivity index (χ3n) is 1.81. The molecule has 0 radical (unpaired) electrons. The maximum Gasteiger partial charge on any atom is 0.261 e. The molecular weight excluding hydrogens is 246 g/mol. The van der Waals surface area contributed by atoms with Crippen LogP contribution in [0, 0.1) is 0 Å². The smallest absolute Gasteiger partial charge is 0.261 e. The summed E-state index contributed by atoms with van der Waals surface area (Å²) in [6.07, 6.45) is 3.16. The number of halogens is 1. The summed E-state index contributed by atoms with van der Waals surface area (Å²) in [7, 11) is 1.68. The highest BCUT2D eigenvalue weighted by molar-refractivity contribution is 9.10. The summed E-state index contributed by atoms with van der Waals surface area (Å²) >= 11 is 3.28. The molecule has 0 aromatic carbocycles.